The second-order valence-electron chi connectivity index (χ2n) is 9.39. The molecule has 4 fully saturated rings. The number of urea groups is 1. The maximum atomic E-state index is 12.7. The first-order valence-electron chi connectivity index (χ1n) is 10.5. The Kier molecular flexibility index (Phi) is 3.95. The van der Waals surface area contributed by atoms with E-state index in [2.05, 4.69) is 27.7 Å². The molecule has 1 aromatic carbocycles. The molecule has 0 radical (unpaired) electrons. The number of hydrogen-bond acceptors (Lipinski definition) is 3. The minimum absolute atomic E-state index is 0.0669. The van der Waals surface area contributed by atoms with Crippen molar-refractivity contribution in [3.63, 3.8) is 0 Å². The summed E-state index contributed by atoms with van der Waals surface area (Å²) in [6, 6.07) is 7.55. The van der Waals surface area contributed by atoms with Crippen LogP contribution < -0.4 is 15.5 Å². The number of benzene rings is 1. The van der Waals surface area contributed by atoms with Gasteiger partial charge in [-0.1, -0.05) is 18.2 Å². The van der Waals surface area contributed by atoms with Gasteiger partial charge in [-0.15, -0.1) is 0 Å². The van der Waals surface area contributed by atoms with Crippen LogP contribution >= 0.6 is 0 Å². The average Bonchev–Trinajstić information content (AvgIpc) is 3.03. The minimum atomic E-state index is -0.351. The molecule has 1 aromatic rings. The average molecular weight is 367 g/mol. The van der Waals surface area contributed by atoms with Crippen LogP contribution in [0.5, 0.6) is 0 Å². The van der Waals surface area contributed by atoms with Crippen LogP contribution in [0.1, 0.15) is 51.0 Å². The minimum Gasteiger partial charge on any atom is -0.359 e. The van der Waals surface area contributed by atoms with Crippen molar-refractivity contribution in [3.05, 3.63) is 29.8 Å². The number of carbonyl (C=O) groups is 2. The predicted octanol–water partition coefficient (Wildman–Crippen LogP) is 3.23. The fourth-order valence-electron chi connectivity index (χ4n) is 6.66. The number of nitrogens with zero attached hydrogens (tertiary/aromatic N) is 1. The van der Waals surface area contributed by atoms with Crippen molar-refractivity contribution in [1.29, 1.82) is 0 Å². The molecule has 3 amide bonds. The smallest absolute Gasteiger partial charge is 0.321 e. The van der Waals surface area contributed by atoms with Gasteiger partial charge in [0.1, 0.15) is 6.04 Å². The number of hydrogen-bond donors (Lipinski definition) is 2. The molecule has 4 saturated carbocycles. The SMILES string of the molecule is C[C@@H](C(=O)NC(=O)NC12CC3CC(CC(C3)C1)C2)N1CCc2ccccc21. The second kappa shape index (κ2) is 6.25. The van der Waals surface area contributed by atoms with Gasteiger partial charge in [-0.05, 0) is 81.3 Å². The molecule has 1 heterocycles. The number of anilines is 1. The summed E-state index contributed by atoms with van der Waals surface area (Å²) >= 11 is 0. The first kappa shape index (κ1) is 17.1. The number of rotatable bonds is 3. The standard InChI is InChI=1S/C22H29N3O2/c1-14(25-7-6-18-4-2-3-5-19(18)25)20(26)23-21(27)24-22-11-15-8-16(12-22)10-17(9-15)13-22/h2-5,14-17H,6-13H2,1H3,(H2,23,24,26,27)/t14-,15?,16?,17?,22?/m0/s1. The van der Waals surface area contributed by atoms with Gasteiger partial charge in [-0.3, -0.25) is 10.1 Å². The fourth-order valence-corrected chi connectivity index (χ4v) is 6.66. The van der Waals surface area contributed by atoms with Crippen molar-refractivity contribution >= 4 is 17.6 Å². The van der Waals surface area contributed by atoms with Gasteiger partial charge in [-0.2, -0.15) is 0 Å². The molecule has 27 heavy (non-hydrogen) atoms. The topological polar surface area (TPSA) is 61.4 Å². The van der Waals surface area contributed by atoms with Crippen molar-refractivity contribution in [2.24, 2.45) is 17.8 Å². The zero-order chi connectivity index (χ0) is 18.6. The lowest BCUT2D eigenvalue weighted by atomic mass is 9.53. The summed E-state index contributed by atoms with van der Waals surface area (Å²) in [6.07, 6.45) is 8.25. The number of carbonyl (C=O) groups excluding carboxylic acids is 2. The number of nitrogens with one attached hydrogen (secondary N) is 2. The molecule has 0 spiro atoms. The van der Waals surface area contributed by atoms with E-state index in [0.717, 1.165) is 55.7 Å². The van der Waals surface area contributed by atoms with E-state index in [1.807, 2.05) is 19.1 Å². The second-order valence-corrected chi connectivity index (χ2v) is 9.39. The maximum Gasteiger partial charge on any atom is 0.321 e. The highest BCUT2D eigenvalue weighted by Crippen LogP contribution is 2.55. The summed E-state index contributed by atoms with van der Waals surface area (Å²) in [5, 5.41) is 5.86. The number of fused-ring (bicyclic) bond motifs is 1. The number of amides is 3. The highest BCUT2D eigenvalue weighted by Gasteiger charge is 2.51. The van der Waals surface area contributed by atoms with E-state index in [-0.39, 0.29) is 23.5 Å². The Bertz CT molecular complexity index is 739. The van der Waals surface area contributed by atoms with Crippen LogP contribution in [0.2, 0.25) is 0 Å². The van der Waals surface area contributed by atoms with E-state index < -0.39 is 0 Å². The van der Waals surface area contributed by atoms with Crippen LogP contribution in [0.4, 0.5) is 10.5 Å². The monoisotopic (exact) mass is 367 g/mol. The molecule has 0 unspecified atom stereocenters. The van der Waals surface area contributed by atoms with Gasteiger partial charge >= 0.3 is 6.03 Å². The van der Waals surface area contributed by atoms with Gasteiger partial charge in [0.05, 0.1) is 0 Å². The summed E-state index contributed by atoms with van der Waals surface area (Å²) in [5.74, 6) is 2.10. The zero-order valence-electron chi connectivity index (χ0n) is 16.0. The Labute approximate surface area is 160 Å². The van der Waals surface area contributed by atoms with Gasteiger partial charge in [-0.25, -0.2) is 4.79 Å². The van der Waals surface area contributed by atoms with Crippen LogP contribution in [-0.4, -0.2) is 30.1 Å². The highest BCUT2D eigenvalue weighted by atomic mass is 16.2. The molecule has 0 saturated heterocycles. The highest BCUT2D eigenvalue weighted by molar-refractivity contribution is 5.98. The van der Waals surface area contributed by atoms with Crippen molar-refractivity contribution in [1.82, 2.24) is 10.6 Å². The first-order chi connectivity index (χ1) is 13.0. The van der Waals surface area contributed by atoms with Crippen molar-refractivity contribution in [2.45, 2.75) is 63.5 Å². The molecule has 4 bridgehead atoms. The summed E-state index contributed by atoms with van der Waals surface area (Å²) in [4.78, 5) is 27.5. The van der Waals surface area contributed by atoms with Crippen LogP contribution in [0.3, 0.4) is 0 Å². The molecule has 5 aliphatic rings. The van der Waals surface area contributed by atoms with Gasteiger partial charge in [0.2, 0.25) is 5.91 Å². The molecule has 1 atom stereocenters. The van der Waals surface area contributed by atoms with Crippen molar-refractivity contribution < 1.29 is 9.59 Å². The van der Waals surface area contributed by atoms with E-state index in [1.165, 1.54) is 24.8 Å². The Morgan fingerprint density at radius 1 is 1.07 bits per heavy atom. The van der Waals surface area contributed by atoms with E-state index in [9.17, 15) is 9.59 Å². The van der Waals surface area contributed by atoms with E-state index in [1.54, 1.807) is 0 Å². The molecule has 0 aromatic heterocycles. The van der Waals surface area contributed by atoms with Crippen LogP contribution in [0.25, 0.3) is 0 Å². The molecular formula is C22H29N3O2. The van der Waals surface area contributed by atoms with E-state index in [4.69, 9.17) is 0 Å². The zero-order valence-corrected chi connectivity index (χ0v) is 16.0. The lowest BCUT2D eigenvalue weighted by molar-refractivity contribution is -0.121. The Morgan fingerprint density at radius 3 is 2.37 bits per heavy atom. The summed E-state index contributed by atoms with van der Waals surface area (Å²) in [7, 11) is 0. The predicted molar refractivity (Wildman–Crippen MR) is 105 cm³/mol. The molecule has 5 heteroatoms. The molecule has 6 rings (SSSR count). The van der Waals surface area contributed by atoms with Crippen molar-refractivity contribution in [3.8, 4) is 0 Å². The van der Waals surface area contributed by atoms with Crippen LogP contribution in [0, 0.1) is 17.8 Å². The third-order valence-corrected chi connectivity index (χ3v) is 7.42. The fraction of sp³-hybridized carbons (Fsp3) is 0.636. The molecular weight excluding hydrogens is 338 g/mol. The van der Waals surface area contributed by atoms with Gasteiger partial charge in [0.25, 0.3) is 0 Å². The molecule has 2 N–H and O–H groups in total. The first-order valence-corrected chi connectivity index (χ1v) is 10.5. The number of imide groups is 1. The Morgan fingerprint density at radius 2 is 1.70 bits per heavy atom. The lowest BCUT2D eigenvalue weighted by Crippen LogP contribution is -2.62. The molecule has 5 nitrogen and oxygen atoms in total. The third kappa shape index (κ3) is 3.01. The maximum absolute atomic E-state index is 12.7. The van der Waals surface area contributed by atoms with E-state index >= 15 is 0 Å². The quantitative estimate of drug-likeness (QED) is 0.862. The van der Waals surface area contributed by atoms with Gasteiger partial charge in [0, 0.05) is 17.8 Å². The van der Waals surface area contributed by atoms with Crippen molar-refractivity contribution in [2.75, 3.05) is 11.4 Å². The Balaban J connectivity index is 1.22. The summed E-state index contributed by atoms with van der Waals surface area (Å²) in [6.45, 7) is 2.71. The third-order valence-electron chi connectivity index (χ3n) is 7.42. The number of para-hydroxylation sites is 1. The molecule has 4 aliphatic carbocycles. The van der Waals surface area contributed by atoms with Gasteiger partial charge in [0.15, 0.2) is 0 Å². The summed E-state index contributed by atoms with van der Waals surface area (Å²) < 4.78 is 0. The largest absolute Gasteiger partial charge is 0.359 e. The normalized spacial score (nSPS) is 34.3. The molecule has 144 valence electrons. The van der Waals surface area contributed by atoms with E-state index in [0.29, 0.717) is 0 Å². The lowest BCUT2D eigenvalue weighted by Gasteiger charge is -2.56. The van der Waals surface area contributed by atoms with Crippen LogP contribution in [-0.2, 0) is 11.2 Å². The van der Waals surface area contributed by atoms with Gasteiger partial charge < -0.3 is 10.2 Å². The Hall–Kier alpha value is -2.04. The summed E-state index contributed by atoms with van der Waals surface area (Å²) in [5.41, 5.74) is 2.32. The van der Waals surface area contributed by atoms with Crippen LogP contribution in [0.15, 0.2) is 24.3 Å². The molecule has 1 aliphatic heterocycles.